The molecule has 0 aliphatic carbocycles. The number of halogens is 1. The van der Waals surface area contributed by atoms with Gasteiger partial charge in [-0.1, -0.05) is 0 Å². The van der Waals surface area contributed by atoms with Gasteiger partial charge in [0.25, 0.3) is 0 Å². The van der Waals surface area contributed by atoms with E-state index in [0.29, 0.717) is 36.2 Å². The normalized spacial score (nSPS) is 17.3. The minimum absolute atomic E-state index is 0. The van der Waals surface area contributed by atoms with E-state index in [0.717, 1.165) is 36.6 Å². The number of carbonyl (C=O) groups is 1. The van der Waals surface area contributed by atoms with E-state index < -0.39 is 0 Å². The first-order valence-corrected chi connectivity index (χ1v) is 11.7. The smallest absolute Gasteiger partial charge is 0.350 e. The number of aliphatic imine (C=N–C) groups is 1. The maximum Gasteiger partial charge on any atom is 0.350 e. The topological polar surface area (TPSA) is 98.0 Å². The standard InChI is InChI=1S/C22H32N4O4S.HI/c1-4-28-21(27)19-15(2)25-20(31-19)16(3)26-22(23-11-10-17-9-7-13-29-17)24-14-18-8-5-6-12-30-18;/h7,9,13,16,18H,4-6,8,10-12,14H2,1-3H3,(H2,23,24,26);1H. The average molecular weight is 577 g/mol. The number of esters is 1. The van der Waals surface area contributed by atoms with Crippen molar-refractivity contribution >= 4 is 47.2 Å². The molecule has 0 spiro atoms. The zero-order valence-electron chi connectivity index (χ0n) is 18.9. The first-order valence-electron chi connectivity index (χ1n) is 10.9. The zero-order chi connectivity index (χ0) is 22.1. The molecule has 2 aromatic heterocycles. The number of rotatable bonds is 9. The fourth-order valence-electron chi connectivity index (χ4n) is 3.31. The fourth-order valence-corrected chi connectivity index (χ4v) is 4.27. The van der Waals surface area contributed by atoms with Crippen LogP contribution in [-0.4, -0.2) is 49.3 Å². The Hall–Kier alpha value is -1.66. The number of ether oxygens (including phenoxy) is 2. The van der Waals surface area contributed by atoms with Crippen molar-refractivity contribution in [1.82, 2.24) is 15.6 Å². The van der Waals surface area contributed by atoms with Crippen LogP contribution in [0.3, 0.4) is 0 Å². The number of nitrogens with one attached hydrogen (secondary N) is 2. The van der Waals surface area contributed by atoms with E-state index in [1.54, 1.807) is 13.2 Å². The Kier molecular flexibility index (Phi) is 11.5. The summed E-state index contributed by atoms with van der Waals surface area (Å²) in [5.41, 5.74) is 0.687. The highest BCUT2D eigenvalue weighted by Crippen LogP contribution is 2.24. The lowest BCUT2D eigenvalue weighted by Gasteiger charge is -2.22. The number of aromatic nitrogens is 1. The highest BCUT2D eigenvalue weighted by Gasteiger charge is 2.20. The molecule has 0 radical (unpaired) electrons. The third-order valence-corrected chi connectivity index (χ3v) is 6.29. The monoisotopic (exact) mass is 576 g/mol. The van der Waals surface area contributed by atoms with Gasteiger partial charge in [0.2, 0.25) is 0 Å². The Morgan fingerprint density at radius 1 is 1.44 bits per heavy atom. The van der Waals surface area contributed by atoms with E-state index in [4.69, 9.17) is 18.9 Å². The zero-order valence-corrected chi connectivity index (χ0v) is 22.0. The molecule has 3 heterocycles. The molecule has 3 rings (SSSR count). The predicted molar refractivity (Wildman–Crippen MR) is 136 cm³/mol. The van der Waals surface area contributed by atoms with Crippen LogP contribution in [0.4, 0.5) is 0 Å². The van der Waals surface area contributed by atoms with Crippen LogP contribution >= 0.6 is 35.3 Å². The van der Waals surface area contributed by atoms with Gasteiger partial charge >= 0.3 is 5.97 Å². The Bertz CT molecular complexity index is 850. The van der Waals surface area contributed by atoms with Crippen LogP contribution in [0.5, 0.6) is 0 Å². The van der Waals surface area contributed by atoms with E-state index in [-0.39, 0.29) is 42.1 Å². The van der Waals surface area contributed by atoms with Crippen LogP contribution in [0.1, 0.15) is 65.3 Å². The van der Waals surface area contributed by atoms with Gasteiger partial charge < -0.3 is 24.5 Å². The molecule has 1 saturated heterocycles. The molecule has 2 aromatic rings. The summed E-state index contributed by atoms with van der Waals surface area (Å²) in [5.74, 6) is 1.29. The SMILES string of the molecule is CCOC(=O)c1sc(C(C)NC(=NCC2CCCCO2)NCCc2ccco2)nc1C.I. The molecule has 1 aliphatic rings. The Morgan fingerprint density at radius 3 is 2.97 bits per heavy atom. The van der Waals surface area contributed by atoms with Crippen LogP contribution in [0.15, 0.2) is 27.8 Å². The highest BCUT2D eigenvalue weighted by molar-refractivity contribution is 14.0. The molecule has 0 saturated carbocycles. The van der Waals surface area contributed by atoms with E-state index in [9.17, 15) is 4.79 Å². The van der Waals surface area contributed by atoms with Crippen molar-refractivity contribution in [2.75, 3.05) is 26.3 Å². The Morgan fingerprint density at radius 2 is 2.28 bits per heavy atom. The number of guanidine groups is 1. The summed E-state index contributed by atoms with van der Waals surface area (Å²) in [6, 6.07) is 3.73. The third-order valence-electron chi connectivity index (χ3n) is 4.97. The van der Waals surface area contributed by atoms with Crippen molar-refractivity contribution in [3.05, 3.63) is 39.7 Å². The van der Waals surface area contributed by atoms with E-state index >= 15 is 0 Å². The maximum absolute atomic E-state index is 12.1. The Labute approximate surface area is 210 Å². The summed E-state index contributed by atoms with van der Waals surface area (Å²) in [6.07, 6.45) is 5.93. The fraction of sp³-hybridized carbons (Fsp3) is 0.591. The number of hydrogen-bond acceptors (Lipinski definition) is 7. The summed E-state index contributed by atoms with van der Waals surface area (Å²) in [6.45, 7) is 8.08. The second-order valence-corrected chi connectivity index (χ2v) is 8.52. The summed E-state index contributed by atoms with van der Waals surface area (Å²) in [5, 5.41) is 7.60. The van der Waals surface area contributed by atoms with Crippen LogP contribution in [0, 0.1) is 6.92 Å². The second-order valence-electron chi connectivity index (χ2n) is 7.49. The summed E-state index contributed by atoms with van der Waals surface area (Å²) < 4.78 is 16.3. The molecule has 1 aliphatic heterocycles. The quantitative estimate of drug-likeness (QED) is 0.199. The summed E-state index contributed by atoms with van der Waals surface area (Å²) in [7, 11) is 0. The number of carbonyl (C=O) groups excluding carboxylic acids is 1. The van der Waals surface area contributed by atoms with Gasteiger partial charge in [0, 0.05) is 19.6 Å². The van der Waals surface area contributed by atoms with Crippen molar-refractivity contribution in [2.45, 2.75) is 58.6 Å². The first kappa shape index (κ1) is 26.6. The molecule has 1 fully saturated rings. The molecule has 10 heteroatoms. The average Bonchev–Trinajstić information content (AvgIpc) is 3.42. The van der Waals surface area contributed by atoms with Gasteiger partial charge in [-0.05, 0) is 52.2 Å². The molecule has 178 valence electrons. The summed E-state index contributed by atoms with van der Waals surface area (Å²) >= 11 is 1.36. The van der Waals surface area contributed by atoms with Gasteiger partial charge in [-0.3, -0.25) is 4.99 Å². The van der Waals surface area contributed by atoms with Gasteiger partial charge in [-0.2, -0.15) is 0 Å². The van der Waals surface area contributed by atoms with Gasteiger partial charge in [0.05, 0.1) is 37.3 Å². The number of nitrogens with zero attached hydrogens (tertiary/aromatic N) is 2. The van der Waals surface area contributed by atoms with Crippen molar-refractivity contribution in [2.24, 2.45) is 4.99 Å². The molecule has 2 N–H and O–H groups in total. The van der Waals surface area contributed by atoms with Crippen LogP contribution < -0.4 is 10.6 Å². The maximum atomic E-state index is 12.1. The molecule has 2 atom stereocenters. The largest absolute Gasteiger partial charge is 0.469 e. The number of thiazole rings is 1. The molecule has 0 amide bonds. The third kappa shape index (κ3) is 8.04. The molecular weight excluding hydrogens is 543 g/mol. The minimum atomic E-state index is -0.323. The van der Waals surface area contributed by atoms with Crippen molar-refractivity contribution < 1.29 is 18.7 Å². The van der Waals surface area contributed by atoms with Crippen LogP contribution in [0.2, 0.25) is 0 Å². The summed E-state index contributed by atoms with van der Waals surface area (Å²) in [4.78, 5) is 22.0. The number of hydrogen-bond donors (Lipinski definition) is 2. The molecule has 0 aromatic carbocycles. The molecule has 0 bridgehead atoms. The van der Waals surface area contributed by atoms with Crippen molar-refractivity contribution in [3.63, 3.8) is 0 Å². The molecule has 2 unspecified atom stereocenters. The van der Waals surface area contributed by atoms with E-state index in [1.807, 2.05) is 26.0 Å². The lowest BCUT2D eigenvalue weighted by Crippen LogP contribution is -2.40. The van der Waals surface area contributed by atoms with Gasteiger partial charge in [-0.15, -0.1) is 35.3 Å². The second kappa shape index (κ2) is 13.8. The van der Waals surface area contributed by atoms with Gasteiger partial charge in [0.1, 0.15) is 15.6 Å². The minimum Gasteiger partial charge on any atom is -0.469 e. The molecular formula is C22H33IN4O4S. The first-order chi connectivity index (χ1) is 15.1. The van der Waals surface area contributed by atoms with Crippen LogP contribution in [0.25, 0.3) is 0 Å². The molecule has 8 nitrogen and oxygen atoms in total. The number of furan rings is 1. The van der Waals surface area contributed by atoms with Gasteiger partial charge in [0.15, 0.2) is 5.96 Å². The van der Waals surface area contributed by atoms with Crippen molar-refractivity contribution in [1.29, 1.82) is 0 Å². The van der Waals surface area contributed by atoms with E-state index in [2.05, 4.69) is 15.6 Å². The van der Waals surface area contributed by atoms with Gasteiger partial charge in [-0.25, -0.2) is 9.78 Å². The van der Waals surface area contributed by atoms with Crippen LogP contribution in [-0.2, 0) is 15.9 Å². The number of aryl methyl sites for hydroxylation is 1. The molecule has 32 heavy (non-hydrogen) atoms. The van der Waals surface area contributed by atoms with Crippen molar-refractivity contribution in [3.8, 4) is 0 Å². The highest BCUT2D eigenvalue weighted by atomic mass is 127. The Balaban J connectivity index is 0.00000363. The van der Waals surface area contributed by atoms with E-state index in [1.165, 1.54) is 17.8 Å². The predicted octanol–water partition coefficient (Wildman–Crippen LogP) is 4.25. The lowest BCUT2D eigenvalue weighted by atomic mass is 10.1. The lowest BCUT2D eigenvalue weighted by molar-refractivity contribution is 0.0224.